The second kappa shape index (κ2) is 7.33. The van der Waals surface area contributed by atoms with E-state index in [4.69, 9.17) is 21.0 Å². The summed E-state index contributed by atoms with van der Waals surface area (Å²) in [7, 11) is 3.88. The van der Waals surface area contributed by atoms with Gasteiger partial charge in [0.25, 0.3) is 0 Å². The van der Waals surface area contributed by atoms with Gasteiger partial charge in [-0.15, -0.1) is 6.42 Å². The molecule has 0 unspecified atom stereocenters. The summed E-state index contributed by atoms with van der Waals surface area (Å²) in [6.07, 6.45) is -0.932. The molecule has 116 valence electrons. The number of terminal acetylenes is 1. The highest BCUT2D eigenvalue weighted by molar-refractivity contribution is 4.88. The molecule has 1 aliphatic heterocycles. The summed E-state index contributed by atoms with van der Waals surface area (Å²) in [5.41, 5.74) is 0. The molecule has 1 rings (SSSR count). The van der Waals surface area contributed by atoms with Crippen LogP contribution < -0.4 is 0 Å². The van der Waals surface area contributed by atoms with Crippen LogP contribution >= 0.6 is 0 Å². The number of ether oxygens (including phenoxy) is 2. The lowest BCUT2D eigenvalue weighted by Gasteiger charge is -2.39. The van der Waals surface area contributed by atoms with Gasteiger partial charge in [-0.05, 0) is 5.92 Å². The fraction of sp³-hybridized carbons (Fsp3) is 0.846. The van der Waals surface area contributed by atoms with Crippen LogP contribution in [-0.4, -0.2) is 96.0 Å². The van der Waals surface area contributed by atoms with Gasteiger partial charge in [0.1, 0.15) is 37.5 Å². The molecule has 5 atom stereocenters. The molecule has 1 heterocycles. The van der Waals surface area contributed by atoms with Crippen LogP contribution in [0.4, 0.5) is 0 Å². The van der Waals surface area contributed by atoms with Crippen molar-refractivity contribution in [3.8, 4) is 12.3 Å². The number of hydrogen-bond acceptors (Lipinski definition) is 6. The summed E-state index contributed by atoms with van der Waals surface area (Å²) < 4.78 is 11.2. The first kappa shape index (κ1) is 17.3. The molecule has 1 saturated heterocycles. The van der Waals surface area contributed by atoms with Crippen molar-refractivity contribution in [3.05, 3.63) is 0 Å². The molecule has 4 N–H and O–H groups in total. The number of hydrogen-bond donors (Lipinski definition) is 4. The Morgan fingerprint density at radius 2 is 1.85 bits per heavy atom. The highest BCUT2D eigenvalue weighted by Crippen LogP contribution is 2.21. The third-order valence-corrected chi connectivity index (χ3v) is 3.35. The molecule has 7 nitrogen and oxygen atoms in total. The predicted octanol–water partition coefficient (Wildman–Crippen LogP) is -2.49. The van der Waals surface area contributed by atoms with Crippen LogP contribution in [0.5, 0.6) is 0 Å². The van der Waals surface area contributed by atoms with Crippen molar-refractivity contribution in [2.24, 2.45) is 0 Å². The second-order valence-electron chi connectivity index (χ2n) is 5.59. The summed E-state index contributed by atoms with van der Waals surface area (Å²) >= 11 is 0. The Bertz CT molecular complexity index is 340. The molecule has 7 heteroatoms. The van der Waals surface area contributed by atoms with Crippen LogP contribution in [0.3, 0.4) is 0 Å². The number of aliphatic hydroxyl groups is 4. The standard InChI is InChI=1S/C13H24NO6/c1-4-5-14(2,3)6-7-19-13-12(18)11(17)10(16)9(8-15)20-13/h1,9-13,15-18H,5-8H2,2-3H3/q+1/t9-,10-,11+,12-,13-/m1/s1. The minimum Gasteiger partial charge on any atom is -0.394 e. The van der Waals surface area contributed by atoms with Crippen LogP contribution in [-0.2, 0) is 9.47 Å². The molecule has 20 heavy (non-hydrogen) atoms. The Balaban J connectivity index is 2.49. The van der Waals surface area contributed by atoms with Gasteiger partial charge < -0.3 is 34.4 Å². The van der Waals surface area contributed by atoms with Crippen LogP contribution in [0.1, 0.15) is 0 Å². The molecule has 0 aliphatic carbocycles. The maximum Gasteiger partial charge on any atom is 0.186 e. The number of nitrogens with zero attached hydrogens (tertiary/aromatic N) is 1. The quantitative estimate of drug-likeness (QED) is 0.319. The van der Waals surface area contributed by atoms with E-state index in [1.54, 1.807) is 0 Å². The van der Waals surface area contributed by atoms with Gasteiger partial charge in [0.15, 0.2) is 6.29 Å². The first-order valence-corrected chi connectivity index (χ1v) is 6.50. The van der Waals surface area contributed by atoms with Crippen molar-refractivity contribution in [2.45, 2.75) is 30.7 Å². The van der Waals surface area contributed by atoms with E-state index in [1.807, 2.05) is 14.1 Å². The van der Waals surface area contributed by atoms with E-state index in [-0.39, 0.29) is 6.61 Å². The number of aliphatic hydroxyl groups excluding tert-OH is 4. The molecule has 0 amide bonds. The van der Waals surface area contributed by atoms with E-state index in [0.29, 0.717) is 17.6 Å². The number of quaternary nitrogens is 1. The molecule has 0 radical (unpaired) electrons. The number of likely N-dealkylation sites (N-methyl/N-ethyl adjacent to an activating group) is 1. The van der Waals surface area contributed by atoms with Crippen molar-refractivity contribution in [1.29, 1.82) is 0 Å². The molecule has 1 aliphatic rings. The van der Waals surface area contributed by atoms with Gasteiger partial charge in [-0.2, -0.15) is 0 Å². The van der Waals surface area contributed by atoms with E-state index < -0.39 is 37.3 Å². The van der Waals surface area contributed by atoms with Crippen LogP contribution in [0.15, 0.2) is 0 Å². The van der Waals surface area contributed by atoms with Crippen molar-refractivity contribution in [3.63, 3.8) is 0 Å². The average Bonchev–Trinajstić information content (AvgIpc) is 2.38. The van der Waals surface area contributed by atoms with Crippen molar-refractivity contribution < 1.29 is 34.4 Å². The van der Waals surface area contributed by atoms with Gasteiger partial charge >= 0.3 is 0 Å². The summed E-state index contributed by atoms with van der Waals surface area (Å²) in [5, 5.41) is 38.1. The molecular formula is C13H24NO6+. The minimum atomic E-state index is -1.42. The monoisotopic (exact) mass is 290 g/mol. The third-order valence-electron chi connectivity index (χ3n) is 3.35. The lowest BCUT2D eigenvalue weighted by atomic mass is 9.99. The van der Waals surface area contributed by atoms with E-state index in [2.05, 4.69) is 5.92 Å². The average molecular weight is 290 g/mol. The summed E-state index contributed by atoms with van der Waals surface area (Å²) in [6, 6.07) is 0. The largest absolute Gasteiger partial charge is 0.394 e. The SMILES string of the molecule is C#CC[N+](C)(C)CCO[C@@H]1O[C@H](CO)[C@@H](O)[C@H](O)[C@H]1O. The van der Waals surface area contributed by atoms with Crippen LogP contribution in [0.2, 0.25) is 0 Å². The second-order valence-corrected chi connectivity index (χ2v) is 5.59. The molecule has 0 aromatic rings. The number of rotatable bonds is 6. The van der Waals surface area contributed by atoms with E-state index in [1.165, 1.54) is 0 Å². The summed E-state index contributed by atoms with van der Waals surface area (Å²) in [5.74, 6) is 2.56. The Hall–Kier alpha value is -0.720. The fourth-order valence-electron chi connectivity index (χ4n) is 1.95. The van der Waals surface area contributed by atoms with Gasteiger partial charge in [-0.1, -0.05) is 0 Å². The summed E-state index contributed by atoms with van der Waals surface area (Å²) in [4.78, 5) is 0. The van der Waals surface area contributed by atoms with Crippen molar-refractivity contribution in [1.82, 2.24) is 0 Å². The lowest BCUT2D eigenvalue weighted by Crippen LogP contribution is -2.59. The lowest BCUT2D eigenvalue weighted by molar-refractivity contribution is -0.883. The summed E-state index contributed by atoms with van der Waals surface area (Å²) in [6.45, 7) is 0.929. The first-order valence-electron chi connectivity index (χ1n) is 6.50. The Morgan fingerprint density at radius 3 is 2.40 bits per heavy atom. The predicted molar refractivity (Wildman–Crippen MR) is 70.4 cm³/mol. The molecule has 0 bridgehead atoms. The zero-order valence-corrected chi connectivity index (χ0v) is 11.8. The van der Waals surface area contributed by atoms with Gasteiger partial charge in [0.2, 0.25) is 0 Å². The zero-order chi connectivity index (χ0) is 15.3. The molecular weight excluding hydrogens is 266 g/mol. The zero-order valence-electron chi connectivity index (χ0n) is 11.8. The molecule has 1 fully saturated rings. The highest BCUT2D eigenvalue weighted by Gasteiger charge is 2.44. The topological polar surface area (TPSA) is 99.4 Å². The van der Waals surface area contributed by atoms with Gasteiger partial charge in [0.05, 0.1) is 27.3 Å². The Labute approximate surface area is 118 Å². The van der Waals surface area contributed by atoms with Gasteiger partial charge in [-0.25, -0.2) is 0 Å². The maximum absolute atomic E-state index is 9.77. The Morgan fingerprint density at radius 1 is 1.20 bits per heavy atom. The fourth-order valence-corrected chi connectivity index (χ4v) is 1.95. The normalized spacial score (nSPS) is 34.8. The van der Waals surface area contributed by atoms with E-state index >= 15 is 0 Å². The van der Waals surface area contributed by atoms with Gasteiger partial charge in [0, 0.05) is 0 Å². The third kappa shape index (κ3) is 4.40. The van der Waals surface area contributed by atoms with Crippen molar-refractivity contribution >= 4 is 0 Å². The maximum atomic E-state index is 9.77. The van der Waals surface area contributed by atoms with E-state index in [9.17, 15) is 15.3 Å². The van der Waals surface area contributed by atoms with Crippen LogP contribution in [0.25, 0.3) is 0 Å². The van der Waals surface area contributed by atoms with Gasteiger partial charge in [-0.3, -0.25) is 0 Å². The smallest absolute Gasteiger partial charge is 0.186 e. The van der Waals surface area contributed by atoms with Crippen LogP contribution in [0, 0.1) is 12.3 Å². The highest BCUT2D eigenvalue weighted by atomic mass is 16.7. The molecule has 0 aromatic heterocycles. The Kier molecular flexibility index (Phi) is 6.36. The first-order chi connectivity index (χ1) is 9.32. The molecule has 0 saturated carbocycles. The van der Waals surface area contributed by atoms with E-state index in [0.717, 1.165) is 0 Å². The molecule has 0 spiro atoms. The molecule has 0 aromatic carbocycles. The van der Waals surface area contributed by atoms with Crippen molar-refractivity contribution in [2.75, 3.05) is 40.4 Å². The minimum absolute atomic E-state index is 0.261.